The van der Waals surface area contributed by atoms with Crippen LogP contribution in [0.25, 0.3) is 0 Å². The van der Waals surface area contributed by atoms with Gasteiger partial charge in [-0.05, 0) is 61.6 Å². The quantitative estimate of drug-likeness (QED) is 0.647. The van der Waals surface area contributed by atoms with Crippen LogP contribution in [-0.4, -0.2) is 57.2 Å². The Labute approximate surface area is 189 Å². The van der Waals surface area contributed by atoms with Gasteiger partial charge in [0.2, 0.25) is 5.91 Å². The first-order valence-corrected chi connectivity index (χ1v) is 11.0. The number of amides is 2. The molecule has 1 heterocycles. The molecule has 0 unspecified atom stereocenters. The molecule has 0 spiro atoms. The number of carbonyl (C=O) groups is 2. The van der Waals surface area contributed by atoms with Crippen molar-refractivity contribution in [3.8, 4) is 17.2 Å². The Morgan fingerprint density at radius 3 is 2.31 bits per heavy atom. The molecule has 0 atom stereocenters. The van der Waals surface area contributed by atoms with Crippen molar-refractivity contribution in [1.82, 2.24) is 10.2 Å². The number of piperidine rings is 1. The molecule has 1 fully saturated rings. The molecule has 3 rings (SSSR count). The predicted molar refractivity (Wildman–Crippen MR) is 122 cm³/mol. The summed E-state index contributed by atoms with van der Waals surface area (Å²) in [5.41, 5.74) is 1.52. The second-order valence-corrected chi connectivity index (χ2v) is 7.86. The summed E-state index contributed by atoms with van der Waals surface area (Å²) >= 11 is 0. The fourth-order valence-corrected chi connectivity index (χ4v) is 3.86. The molecule has 32 heavy (non-hydrogen) atoms. The second kappa shape index (κ2) is 11.4. The van der Waals surface area contributed by atoms with Crippen LogP contribution in [-0.2, 0) is 11.2 Å². The molecular formula is C25H32N2O5. The van der Waals surface area contributed by atoms with Crippen LogP contribution in [0.1, 0.15) is 35.7 Å². The molecule has 0 radical (unpaired) electrons. The van der Waals surface area contributed by atoms with Gasteiger partial charge in [0, 0.05) is 25.2 Å². The maximum Gasteiger partial charge on any atom is 0.251 e. The minimum Gasteiger partial charge on any atom is -0.494 e. The van der Waals surface area contributed by atoms with Crippen molar-refractivity contribution in [3.05, 3.63) is 53.6 Å². The number of carbonyl (C=O) groups excluding carboxylic acids is 2. The number of benzene rings is 2. The van der Waals surface area contributed by atoms with E-state index in [0.29, 0.717) is 55.6 Å². The molecule has 1 aliphatic rings. The molecule has 172 valence electrons. The third kappa shape index (κ3) is 6.15. The molecule has 2 amide bonds. The number of hydrogen-bond donors (Lipinski definition) is 1. The third-order valence-corrected chi connectivity index (χ3v) is 5.75. The van der Waals surface area contributed by atoms with E-state index < -0.39 is 0 Å². The highest BCUT2D eigenvalue weighted by atomic mass is 16.5. The van der Waals surface area contributed by atoms with E-state index in [2.05, 4.69) is 5.32 Å². The normalized spacial score (nSPS) is 14.0. The standard InChI is InChI=1S/C25H32N2O5/c1-4-32-21-8-5-18(6-9-21)15-24(28)27-13-11-19(12-14-27)17-26-25(29)20-7-10-22(30-2)23(16-20)31-3/h5-10,16,19H,4,11-15,17H2,1-3H3,(H,26,29). The minimum atomic E-state index is -0.139. The Balaban J connectivity index is 1.43. The highest BCUT2D eigenvalue weighted by molar-refractivity contribution is 5.94. The Bertz CT molecular complexity index is 905. The number of nitrogens with zero attached hydrogens (tertiary/aromatic N) is 1. The largest absolute Gasteiger partial charge is 0.494 e. The smallest absolute Gasteiger partial charge is 0.251 e. The first-order valence-electron chi connectivity index (χ1n) is 11.0. The lowest BCUT2D eigenvalue weighted by molar-refractivity contribution is -0.131. The lowest BCUT2D eigenvalue weighted by atomic mass is 9.96. The third-order valence-electron chi connectivity index (χ3n) is 5.75. The molecule has 1 N–H and O–H groups in total. The van der Waals surface area contributed by atoms with Gasteiger partial charge in [0.1, 0.15) is 5.75 Å². The van der Waals surface area contributed by atoms with E-state index in [0.717, 1.165) is 24.2 Å². The van der Waals surface area contributed by atoms with E-state index >= 15 is 0 Å². The van der Waals surface area contributed by atoms with Gasteiger partial charge < -0.3 is 24.4 Å². The van der Waals surface area contributed by atoms with Crippen molar-refractivity contribution in [2.24, 2.45) is 5.92 Å². The van der Waals surface area contributed by atoms with Crippen LogP contribution in [0.15, 0.2) is 42.5 Å². The van der Waals surface area contributed by atoms with Gasteiger partial charge in [-0.1, -0.05) is 12.1 Å². The van der Waals surface area contributed by atoms with Crippen molar-refractivity contribution in [2.75, 3.05) is 40.5 Å². The lowest BCUT2D eigenvalue weighted by Crippen LogP contribution is -2.42. The van der Waals surface area contributed by atoms with E-state index in [-0.39, 0.29) is 11.8 Å². The molecule has 2 aromatic carbocycles. The Morgan fingerprint density at radius 2 is 1.69 bits per heavy atom. The van der Waals surface area contributed by atoms with Crippen LogP contribution in [0.5, 0.6) is 17.2 Å². The number of ether oxygens (including phenoxy) is 3. The Hall–Kier alpha value is -3.22. The van der Waals surface area contributed by atoms with E-state index in [4.69, 9.17) is 14.2 Å². The van der Waals surface area contributed by atoms with Crippen molar-refractivity contribution < 1.29 is 23.8 Å². The first-order chi connectivity index (χ1) is 15.5. The van der Waals surface area contributed by atoms with Gasteiger partial charge in [-0.3, -0.25) is 9.59 Å². The summed E-state index contributed by atoms with van der Waals surface area (Å²) < 4.78 is 15.9. The van der Waals surface area contributed by atoms with Crippen LogP contribution in [0, 0.1) is 5.92 Å². The zero-order valence-corrected chi connectivity index (χ0v) is 19.1. The summed E-state index contributed by atoms with van der Waals surface area (Å²) in [4.78, 5) is 27.1. The molecule has 0 saturated carbocycles. The molecule has 7 heteroatoms. The van der Waals surface area contributed by atoms with E-state index in [9.17, 15) is 9.59 Å². The fourth-order valence-electron chi connectivity index (χ4n) is 3.86. The average molecular weight is 441 g/mol. The van der Waals surface area contributed by atoms with E-state index in [1.54, 1.807) is 32.4 Å². The predicted octanol–water partition coefficient (Wildman–Crippen LogP) is 3.31. The molecular weight excluding hydrogens is 408 g/mol. The molecule has 2 aromatic rings. The molecule has 7 nitrogen and oxygen atoms in total. The average Bonchev–Trinajstić information content (AvgIpc) is 2.83. The Kier molecular flexibility index (Phi) is 8.36. The van der Waals surface area contributed by atoms with E-state index in [1.165, 1.54) is 0 Å². The highest BCUT2D eigenvalue weighted by Crippen LogP contribution is 2.27. The van der Waals surface area contributed by atoms with Crippen LogP contribution in [0.4, 0.5) is 0 Å². The molecule has 0 aliphatic carbocycles. The number of rotatable bonds is 9. The van der Waals surface area contributed by atoms with Gasteiger partial charge >= 0.3 is 0 Å². The molecule has 1 aliphatic heterocycles. The topological polar surface area (TPSA) is 77.1 Å². The zero-order valence-electron chi connectivity index (χ0n) is 19.1. The van der Waals surface area contributed by atoms with Gasteiger partial charge in [-0.2, -0.15) is 0 Å². The maximum atomic E-state index is 12.7. The Morgan fingerprint density at radius 1 is 1.00 bits per heavy atom. The summed E-state index contributed by atoms with van der Waals surface area (Å²) in [6, 6.07) is 12.8. The monoisotopic (exact) mass is 440 g/mol. The van der Waals surface area contributed by atoms with Crippen LogP contribution < -0.4 is 19.5 Å². The van der Waals surface area contributed by atoms with Crippen molar-refractivity contribution in [1.29, 1.82) is 0 Å². The van der Waals surface area contributed by atoms with Crippen LogP contribution in [0.3, 0.4) is 0 Å². The maximum absolute atomic E-state index is 12.7. The summed E-state index contributed by atoms with van der Waals surface area (Å²) in [6.07, 6.45) is 2.15. The SMILES string of the molecule is CCOc1ccc(CC(=O)N2CCC(CNC(=O)c3ccc(OC)c(OC)c3)CC2)cc1. The minimum absolute atomic E-state index is 0.139. The number of likely N-dealkylation sites (tertiary alicyclic amines) is 1. The van der Waals surface area contributed by atoms with Gasteiger partial charge in [-0.25, -0.2) is 0 Å². The van der Waals surface area contributed by atoms with Crippen LogP contribution >= 0.6 is 0 Å². The van der Waals surface area contributed by atoms with Gasteiger partial charge in [0.25, 0.3) is 5.91 Å². The zero-order chi connectivity index (χ0) is 22.9. The van der Waals surface area contributed by atoms with Crippen molar-refractivity contribution >= 4 is 11.8 Å². The van der Waals surface area contributed by atoms with Crippen molar-refractivity contribution in [3.63, 3.8) is 0 Å². The van der Waals surface area contributed by atoms with Crippen LogP contribution in [0.2, 0.25) is 0 Å². The second-order valence-electron chi connectivity index (χ2n) is 7.86. The van der Waals surface area contributed by atoms with Gasteiger partial charge in [-0.15, -0.1) is 0 Å². The molecule has 1 saturated heterocycles. The summed E-state index contributed by atoms with van der Waals surface area (Å²) in [5, 5.41) is 3.01. The highest BCUT2D eigenvalue weighted by Gasteiger charge is 2.23. The van der Waals surface area contributed by atoms with E-state index in [1.807, 2.05) is 36.1 Å². The number of methoxy groups -OCH3 is 2. The fraction of sp³-hybridized carbons (Fsp3) is 0.440. The summed E-state index contributed by atoms with van der Waals surface area (Å²) in [6.45, 7) is 4.60. The molecule has 0 aromatic heterocycles. The summed E-state index contributed by atoms with van der Waals surface area (Å²) in [7, 11) is 3.11. The summed E-state index contributed by atoms with van der Waals surface area (Å²) in [5.74, 6) is 2.29. The van der Waals surface area contributed by atoms with Crippen molar-refractivity contribution in [2.45, 2.75) is 26.2 Å². The lowest BCUT2D eigenvalue weighted by Gasteiger charge is -2.32. The van der Waals surface area contributed by atoms with Gasteiger partial charge in [0.15, 0.2) is 11.5 Å². The van der Waals surface area contributed by atoms with Gasteiger partial charge in [0.05, 0.1) is 27.2 Å². The first kappa shape index (κ1) is 23.4. The molecule has 0 bridgehead atoms. The number of nitrogens with one attached hydrogen (secondary N) is 1. The number of hydrogen-bond acceptors (Lipinski definition) is 5.